The van der Waals surface area contributed by atoms with E-state index in [2.05, 4.69) is 17.2 Å². The molecule has 0 unspecified atom stereocenters. The fourth-order valence-corrected chi connectivity index (χ4v) is 3.12. The molecule has 0 radical (unpaired) electrons. The first-order valence-corrected chi connectivity index (χ1v) is 9.02. The second-order valence-corrected chi connectivity index (χ2v) is 6.51. The topological polar surface area (TPSA) is 51.2 Å². The van der Waals surface area contributed by atoms with E-state index in [0.717, 1.165) is 36.4 Å². The minimum atomic E-state index is -0.286. The van der Waals surface area contributed by atoms with Crippen LogP contribution in [0, 0.1) is 12.7 Å². The fraction of sp³-hybridized carbons (Fsp3) is 0.444. The predicted octanol–water partition coefficient (Wildman–Crippen LogP) is 4.19. The molecule has 0 aliphatic heterocycles. The zero-order chi connectivity index (χ0) is 17.4. The van der Waals surface area contributed by atoms with E-state index < -0.39 is 0 Å². The highest BCUT2D eigenvalue weighted by Crippen LogP contribution is 2.27. The van der Waals surface area contributed by atoms with Crippen molar-refractivity contribution in [3.63, 3.8) is 0 Å². The number of hydrogen-bond donors (Lipinski definition) is 1. The Balaban J connectivity index is 1.85. The molecule has 0 aliphatic rings. The van der Waals surface area contributed by atoms with Crippen molar-refractivity contribution >= 4 is 17.2 Å². The monoisotopic (exact) mass is 350 g/mol. The van der Waals surface area contributed by atoms with Crippen molar-refractivity contribution in [2.24, 2.45) is 0 Å². The molecule has 130 valence electrons. The van der Waals surface area contributed by atoms with Crippen LogP contribution in [0.25, 0.3) is 10.6 Å². The van der Waals surface area contributed by atoms with E-state index in [1.807, 2.05) is 6.92 Å². The van der Waals surface area contributed by atoms with Crippen molar-refractivity contribution < 1.29 is 13.9 Å². The van der Waals surface area contributed by atoms with E-state index in [1.54, 1.807) is 12.1 Å². The molecular formula is C18H23FN2O2S. The number of benzene rings is 1. The molecule has 4 nitrogen and oxygen atoms in total. The van der Waals surface area contributed by atoms with Crippen LogP contribution < -0.4 is 5.32 Å². The van der Waals surface area contributed by atoms with Crippen LogP contribution in [0.4, 0.5) is 4.39 Å². The summed E-state index contributed by atoms with van der Waals surface area (Å²) >= 11 is 1.32. The lowest BCUT2D eigenvalue weighted by molar-refractivity contribution is 0.0943. The number of hydrogen-bond acceptors (Lipinski definition) is 4. The Hall–Kier alpha value is -1.79. The average Bonchev–Trinajstić information content (AvgIpc) is 2.96. The minimum Gasteiger partial charge on any atom is -0.381 e. The van der Waals surface area contributed by atoms with Crippen molar-refractivity contribution in [1.29, 1.82) is 0 Å². The van der Waals surface area contributed by atoms with Gasteiger partial charge in [0, 0.05) is 25.3 Å². The van der Waals surface area contributed by atoms with Crippen LogP contribution in [-0.2, 0) is 4.74 Å². The third kappa shape index (κ3) is 5.39. The standard InChI is InChI=1S/C18H23FN2O2S/c1-3-4-11-23-12-5-10-20-17(22)16-13(2)21-18(24-16)14-6-8-15(19)9-7-14/h6-9H,3-5,10-12H2,1-2H3,(H,20,22). The number of nitrogens with one attached hydrogen (secondary N) is 1. The molecule has 2 aromatic rings. The average molecular weight is 350 g/mol. The Morgan fingerprint density at radius 2 is 1.96 bits per heavy atom. The van der Waals surface area contributed by atoms with Gasteiger partial charge in [-0.2, -0.15) is 0 Å². The summed E-state index contributed by atoms with van der Waals surface area (Å²) < 4.78 is 18.5. The second-order valence-electron chi connectivity index (χ2n) is 5.52. The Bertz CT molecular complexity index is 656. The second kappa shape index (κ2) is 9.49. The molecule has 0 saturated carbocycles. The lowest BCUT2D eigenvalue weighted by Crippen LogP contribution is -2.25. The number of halogens is 1. The molecular weight excluding hydrogens is 327 g/mol. The van der Waals surface area contributed by atoms with Gasteiger partial charge in [-0.05, 0) is 44.0 Å². The first-order valence-electron chi connectivity index (χ1n) is 8.21. The van der Waals surface area contributed by atoms with Gasteiger partial charge in [-0.25, -0.2) is 9.37 Å². The van der Waals surface area contributed by atoms with E-state index in [0.29, 0.717) is 23.7 Å². The number of nitrogens with zero attached hydrogens (tertiary/aromatic N) is 1. The summed E-state index contributed by atoms with van der Waals surface area (Å²) in [5, 5.41) is 3.62. The van der Waals surface area contributed by atoms with Crippen LogP contribution >= 0.6 is 11.3 Å². The largest absolute Gasteiger partial charge is 0.381 e. The van der Waals surface area contributed by atoms with Crippen LogP contribution in [0.3, 0.4) is 0 Å². The summed E-state index contributed by atoms with van der Waals surface area (Å²) in [6.45, 7) is 5.95. The molecule has 0 spiro atoms. The van der Waals surface area contributed by atoms with E-state index >= 15 is 0 Å². The van der Waals surface area contributed by atoms with Gasteiger partial charge in [-0.1, -0.05) is 13.3 Å². The number of carbonyl (C=O) groups excluding carboxylic acids is 1. The Labute approximate surface area is 146 Å². The van der Waals surface area contributed by atoms with Crippen LogP contribution in [0.1, 0.15) is 41.6 Å². The molecule has 1 aromatic carbocycles. The fourth-order valence-electron chi connectivity index (χ4n) is 2.13. The molecule has 6 heteroatoms. The predicted molar refractivity (Wildman–Crippen MR) is 94.9 cm³/mol. The molecule has 1 heterocycles. The number of aromatic nitrogens is 1. The Morgan fingerprint density at radius 1 is 1.25 bits per heavy atom. The van der Waals surface area contributed by atoms with Crippen LogP contribution in [0.5, 0.6) is 0 Å². The number of carbonyl (C=O) groups is 1. The molecule has 2 rings (SSSR count). The van der Waals surface area contributed by atoms with E-state index in [1.165, 1.54) is 23.5 Å². The maximum Gasteiger partial charge on any atom is 0.263 e. The third-order valence-electron chi connectivity index (χ3n) is 3.49. The molecule has 0 aliphatic carbocycles. The quantitative estimate of drug-likeness (QED) is 0.690. The minimum absolute atomic E-state index is 0.119. The van der Waals surface area contributed by atoms with Crippen LogP contribution in [-0.4, -0.2) is 30.6 Å². The summed E-state index contributed by atoms with van der Waals surface area (Å²) in [6, 6.07) is 6.13. The zero-order valence-electron chi connectivity index (χ0n) is 14.1. The maximum atomic E-state index is 13.0. The normalized spacial score (nSPS) is 10.8. The molecule has 24 heavy (non-hydrogen) atoms. The van der Waals surface area contributed by atoms with Gasteiger partial charge in [0.2, 0.25) is 0 Å². The summed E-state index contributed by atoms with van der Waals surface area (Å²) in [6.07, 6.45) is 2.98. The number of rotatable bonds is 9. The number of thiazole rings is 1. The SMILES string of the molecule is CCCCOCCCNC(=O)c1sc(-c2ccc(F)cc2)nc1C. The van der Waals surface area contributed by atoms with Gasteiger partial charge < -0.3 is 10.1 Å². The molecule has 0 atom stereocenters. The smallest absolute Gasteiger partial charge is 0.263 e. The molecule has 1 N–H and O–H groups in total. The van der Waals surface area contributed by atoms with Crippen molar-refractivity contribution in [3.05, 3.63) is 40.7 Å². The first kappa shape index (κ1) is 18.5. The third-order valence-corrected chi connectivity index (χ3v) is 4.69. The van der Waals surface area contributed by atoms with E-state index in [4.69, 9.17) is 4.74 Å². The van der Waals surface area contributed by atoms with Gasteiger partial charge in [0.25, 0.3) is 5.91 Å². The number of ether oxygens (including phenoxy) is 1. The van der Waals surface area contributed by atoms with Gasteiger partial charge in [-0.3, -0.25) is 4.79 Å². The van der Waals surface area contributed by atoms with Crippen molar-refractivity contribution in [2.75, 3.05) is 19.8 Å². The van der Waals surface area contributed by atoms with Gasteiger partial charge in [-0.15, -0.1) is 11.3 Å². The molecule has 0 saturated heterocycles. The summed E-state index contributed by atoms with van der Waals surface area (Å²) in [5.74, 6) is -0.405. The summed E-state index contributed by atoms with van der Waals surface area (Å²) in [4.78, 5) is 17.3. The zero-order valence-corrected chi connectivity index (χ0v) is 14.9. The van der Waals surface area contributed by atoms with Crippen LogP contribution in [0.2, 0.25) is 0 Å². The van der Waals surface area contributed by atoms with Gasteiger partial charge in [0.05, 0.1) is 5.69 Å². The van der Waals surface area contributed by atoms with Gasteiger partial charge >= 0.3 is 0 Å². The van der Waals surface area contributed by atoms with E-state index in [9.17, 15) is 9.18 Å². The van der Waals surface area contributed by atoms with Crippen molar-refractivity contribution in [1.82, 2.24) is 10.3 Å². The number of amides is 1. The van der Waals surface area contributed by atoms with E-state index in [-0.39, 0.29) is 11.7 Å². The highest BCUT2D eigenvalue weighted by molar-refractivity contribution is 7.17. The van der Waals surface area contributed by atoms with Gasteiger partial charge in [0.1, 0.15) is 15.7 Å². The highest BCUT2D eigenvalue weighted by Gasteiger charge is 2.15. The lowest BCUT2D eigenvalue weighted by atomic mass is 10.2. The molecule has 1 amide bonds. The molecule has 0 fully saturated rings. The summed E-state index contributed by atoms with van der Waals surface area (Å²) in [5.41, 5.74) is 1.50. The van der Waals surface area contributed by atoms with Crippen molar-refractivity contribution in [3.8, 4) is 10.6 Å². The number of unbranched alkanes of at least 4 members (excludes halogenated alkanes) is 1. The van der Waals surface area contributed by atoms with Crippen molar-refractivity contribution in [2.45, 2.75) is 33.1 Å². The lowest BCUT2D eigenvalue weighted by Gasteiger charge is -2.05. The first-order chi connectivity index (χ1) is 11.6. The molecule has 1 aromatic heterocycles. The summed E-state index contributed by atoms with van der Waals surface area (Å²) in [7, 11) is 0. The Kier molecular flexibility index (Phi) is 7.34. The highest BCUT2D eigenvalue weighted by atomic mass is 32.1. The maximum absolute atomic E-state index is 13.0. The number of aryl methyl sites for hydroxylation is 1. The van der Waals surface area contributed by atoms with Gasteiger partial charge in [0.15, 0.2) is 0 Å². The Morgan fingerprint density at radius 3 is 2.67 bits per heavy atom. The molecule has 0 bridgehead atoms. The van der Waals surface area contributed by atoms with Crippen LogP contribution in [0.15, 0.2) is 24.3 Å².